The number of hydrogen-bond acceptors (Lipinski definition) is 0. The Hall–Kier alpha value is -0.520. The smallest absolute Gasteiger partial charge is 0.0228 e. The van der Waals surface area contributed by atoms with Gasteiger partial charge in [0.1, 0.15) is 0 Å². The highest BCUT2D eigenvalue weighted by Crippen LogP contribution is 2.47. The first-order chi connectivity index (χ1) is 18.8. The Morgan fingerprint density at radius 1 is 0.675 bits per heavy atom. The molecule has 1 saturated carbocycles. The van der Waals surface area contributed by atoms with E-state index in [-0.39, 0.29) is 0 Å². The second-order valence-electron chi connectivity index (χ2n) is 16.9. The van der Waals surface area contributed by atoms with Crippen molar-refractivity contribution in [1.82, 2.24) is 0 Å². The summed E-state index contributed by atoms with van der Waals surface area (Å²) in [6.45, 7) is 24.9. The first-order valence-corrected chi connectivity index (χ1v) is 18.1. The van der Waals surface area contributed by atoms with Gasteiger partial charge in [-0.15, -0.1) is 0 Å². The van der Waals surface area contributed by atoms with Crippen molar-refractivity contribution in [2.75, 3.05) is 0 Å². The Morgan fingerprint density at radius 3 is 1.68 bits per heavy atom. The lowest BCUT2D eigenvalue weighted by Gasteiger charge is -2.43. The summed E-state index contributed by atoms with van der Waals surface area (Å²) in [7, 11) is 0. The molecule has 1 fully saturated rings. The molecule has 0 heteroatoms. The van der Waals surface area contributed by atoms with Crippen molar-refractivity contribution < 1.29 is 0 Å². The van der Waals surface area contributed by atoms with Gasteiger partial charge in [0.25, 0.3) is 0 Å². The molecule has 2 aliphatic rings. The largest absolute Gasteiger partial charge is 0.0883 e. The second-order valence-corrected chi connectivity index (χ2v) is 16.9. The molecule has 0 N–H and O–H groups in total. The summed E-state index contributed by atoms with van der Waals surface area (Å²) < 4.78 is 0. The molecule has 2 aliphatic carbocycles. The number of rotatable bonds is 18. The summed E-state index contributed by atoms with van der Waals surface area (Å²) in [6.07, 6.45) is 32.2. The number of hydrogen-bond donors (Lipinski definition) is 0. The predicted octanol–water partition coefficient (Wildman–Crippen LogP) is 13.5. The van der Waals surface area contributed by atoms with Crippen LogP contribution in [0, 0.1) is 58.2 Å². The van der Waals surface area contributed by atoms with Crippen LogP contribution < -0.4 is 0 Å². The summed E-state index contributed by atoms with van der Waals surface area (Å²) >= 11 is 0. The summed E-state index contributed by atoms with van der Waals surface area (Å²) in [5.74, 6) is 6.93. The molecule has 0 bridgehead atoms. The van der Waals surface area contributed by atoms with Crippen LogP contribution in [0.2, 0.25) is 0 Å². The van der Waals surface area contributed by atoms with Gasteiger partial charge >= 0.3 is 0 Å². The summed E-state index contributed by atoms with van der Waals surface area (Å²) in [4.78, 5) is 0. The normalized spacial score (nSPS) is 29.4. The minimum Gasteiger partial charge on any atom is -0.0883 e. The van der Waals surface area contributed by atoms with Crippen molar-refractivity contribution >= 4 is 0 Å². The van der Waals surface area contributed by atoms with Gasteiger partial charge in [-0.2, -0.15) is 0 Å². The molecule has 0 unspecified atom stereocenters. The molecular weight excluding hydrogens is 480 g/mol. The average molecular weight is 555 g/mol. The van der Waals surface area contributed by atoms with Crippen LogP contribution >= 0.6 is 0 Å². The predicted molar refractivity (Wildman–Crippen MR) is 182 cm³/mol. The van der Waals surface area contributed by atoms with E-state index in [1.807, 2.05) is 0 Å². The minimum absolute atomic E-state index is 0.482. The third-order valence-electron chi connectivity index (χ3n) is 11.9. The molecule has 0 heterocycles. The lowest BCUT2D eigenvalue weighted by molar-refractivity contribution is 0.0706. The van der Waals surface area contributed by atoms with Crippen LogP contribution in [0.4, 0.5) is 0 Å². The maximum absolute atomic E-state index is 2.53. The highest BCUT2D eigenvalue weighted by atomic mass is 14.4. The van der Waals surface area contributed by atoms with Crippen LogP contribution in [-0.4, -0.2) is 0 Å². The Kier molecular flexibility index (Phi) is 15.7. The van der Waals surface area contributed by atoms with Crippen molar-refractivity contribution in [3.8, 4) is 0 Å². The van der Waals surface area contributed by atoms with Crippen LogP contribution in [0.3, 0.4) is 0 Å². The van der Waals surface area contributed by atoms with Gasteiger partial charge in [-0.05, 0) is 96.7 Å². The van der Waals surface area contributed by atoms with Gasteiger partial charge in [0.15, 0.2) is 0 Å². The molecule has 40 heavy (non-hydrogen) atoms. The zero-order chi connectivity index (χ0) is 29.8. The molecule has 0 radical (unpaired) electrons. The Labute approximate surface area is 254 Å². The van der Waals surface area contributed by atoms with Gasteiger partial charge in [0.05, 0.1) is 0 Å². The van der Waals surface area contributed by atoms with E-state index in [0.717, 1.165) is 47.3 Å². The molecule has 2 rings (SSSR count). The van der Waals surface area contributed by atoms with E-state index in [9.17, 15) is 0 Å². The van der Waals surface area contributed by atoms with E-state index in [0.29, 0.717) is 10.8 Å². The SMILES string of the molecule is C[C@H](CCC[C@@H](C)C/C=C/C[C@@H](C)CCC[C@@H](C)CC[C@H]1[C@H](C)CCCC1(C)C)CC[C@@H]1[C@H](C)C=CCC1(C)C. The molecule has 0 aliphatic heterocycles. The van der Waals surface area contributed by atoms with Gasteiger partial charge in [-0.25, -0.2) is 0 Å². The Bertz CT molecular complexity index is 722. The van der Waals surface area contributed by atoms with Crippen LogP contribution in [0.5, 0.6) is 0 Å². The molecule has 0 nitrogen and oxygen atoms in total. The van der Waals surface area contributed by atoms with E-state index in [1.54, 1.807) is 0 Å². The second kappa shape index (κ2) is 17.6. The van der Waals surface area contributed by atoms with Gasteiger partial charge in [-0.1, -0.05) is 158 Å². The van der Waals surface area contributed by atoms with Crippen LogP contribution in [0.25, 0.3) is 0 Å². The summed E-state index contributed by atoms with van der Waals surface area (Å²) in [6, 6.07) is 0. The highest BCUT2D eigenvalue weighted by Gasteiger charge is 2.36. The van der Waals surface area contributed by atoms with Crippen molar-refractivity contribution in [3.63, 3.8) is 0 Å². The number of allylic oxidation sites excluding steroid dienone is 4. The molecule has 234 valence electrons. The molecule has 0 aromatic heterocycles. The minimum atomic E-state index is 0.482. The van der Waals surface area contributed by atoms with E-state index in [2.05, 4.69) is 93.5 Å². The third-order valence-corrected chi connectivity index (χ3v) is 11.9. The molecule has 8 atom stereocenters. The summed E-state index contributed by atoms with van der Waals surface area (Å²) in [5, 5.41) is 0. The molecule has 0 aromatic rings. The highest BCUT2D eigenvalue weighted by molar-refractivity contribution is 5.02. The van der Waals surface area contributed by atoms with E-state index in [1.165, 1.54) is 103 Å². The maximum Gasteiger partial charge on any atom is -0.0228 e. The topological polar surface area (TPSA) is 0 Å². The quantitative estimate of drug-likeness (QED) is 0.148. The molecule has 0 aromatic carbocycles. The fraction of sp³-hybridized carbons (Fsp3) is 0.900. The zero-order valence-electron chi connectivity index (χ0n) is 29.2. The van der Waals surface area contributed by atoms with Crippen LogP contribution in [0.1, 0.15) is 172 Å². The van der Waals surface area contributed by atoms with E-state index >= 15 is 0 Å². The monoisotopic (exact) mass is 555 g/mol. The van der Waals surface area contributed by atoms with Crippen molar-refractivity contribution in [3.05, 3.63) is 24.3 Å². The van der Waals surface area contributed by atoms with Gasteiger partial charge in [0, 0.05) is 0 Å². The Balaban J connectivity index is 1.50. The zero-order valence-corrected chi connectivity index (χ0v) is 29.2. The first-order valence-electron chi connectivity index (χ1n) is 18.1. The van der Waals surface area contributed by atoms with Crippen LogP contribution in [-0.2, 0) is 0 Å². The fourth-order valence-corrected chi connectivity index (χ4v) is 8.69. The molecule has 0 saturated heterocycles. The molecular formula is C40H74. The van der Waals surface area contributed by atoms with Gasteiger partial charge < -0.3 is 0 Å². The van der Waals surface area contributed by atoms with Gasteiger partial charge in [-0.3, -0.25) is 0 Å². The molecule has 0 spiro atoms. The third kappa shape index (κ3) is 12.8. The van der Waals surface area contributed by atoms with E-state index in [4.69, 9.17) is 0 Å². The average Bonchev–Trinajstić information content (AvgIpc) is 2.85. The Morgan fingerprint density at radius 2 is 1.18 bits per heavy atom. The van der Waals surface area contributed by atoms with Crippen LogP contribution in [0.15, 0.2) is 24.3 Å². The van der Waals surface area contributed by atoms with Crippen molar-refractivity contribution in [2.24, 2.45) is 58.2 Å². The van der Waals surface area contributed by atoms with Gasteiger partial charge in [0.2, 0.25) is 0 Å². The standard InChI is InChI=1S/C40H74/c1-31(19-13-21-33(3)25-27-37-35(5)23-15-29-39(37,7)8)17-11-12-18-32(2)20-14-22-34(4)26-28-38-36(6)24-16-30-40(38,9)10/h11-12,15,23,31-38H,13-14,16-22,24-30H2,1-10H3/b12-11+/t31-,32+,33+,34+,35+,36+,37+,38-/m0/s1. The lowest BCUT2D eigenvalue weighted by Crippen LogP contribution is -2.33. The maximum atomic E-state index is 2.53. The summed E-state index contributed by atoms with van der Waals surface area (Å²) in [5.41, 5.74) is 1.05. The van der Waals surface area contributed by atoms with Crippen molar-refractivity contribution in [2.45, 2.75) is 172 Å². The van der Waals surface area contributed by atoms with E-state index < -0.39 is 0 Å². The first kappa shape index (κ1) is 35.7. The lowest BCUT2D eigenvalue weighted by atomic mass is 9.62. The van der Waals surface area contributed by atoms with Crippen molar-refractivity contribution in [1.29, 1.82) is 0 Å². The fourth-order valence-electron chi connectivity index (χ4n) is 8.69. The molecule has 0 amide bonds.